The number of halogens is 1. The molecule has 1 unspecified atom stereocenters. The molecule has 0 saturated carbocycles. The number of benzene rings is 1. The van der Waals surface area contributed by atoms with Gasteiger partial charge in [-0.05, 0) is 17.5 Å². The smallest absolute Gasteiger partial charge is 0.0828 e. The van der Waals surface area contributed by atoms with Gasteiger partial charge in [-0.3, -0.25) is 0 Å². The molecule has 0 spiro atoms. The molecule has 0 aliphatic heterocycles. The fourth-order valence-corrected chi connectivity index (χ4v) is 2.22. The molecule has 14 heavy (non-hydrogen) atoms. The Morgan fingerprint density at radius 3 is 2.29 bits per heavy atom. The molecular weight excluding hydrogens is 240 g/mol. The number of rotatable bonds is 4. The first-order chi connectivity index (χ1) is 6.70. The van der Waals surface area contributed by atoms with Crippen molar-refractivity contribution in [3.05, 3.63) is 34.3 Å². The minimum Gasteiger partial charge on any atom is -0.388 e. The second-order valence-corrected chi connectivity index (χ2v) is 4.40. The van der Waals surface area contributed by atoms with Crippen LogP contribution >= 0.6 is 15.9 Å². The van der Waals surface area contributed by atoms with E-state index in [1.165, 1.54) is 0 Å². The average Bonchev–Trinajstić information content (AvgIpc) is 2.20. The summed E-state index contributed by atoms with van der Waals surface area (Å²) in [6, 6.07) is 7.88. The summed E-state index contributed by atoms with van der Waals surface area (Å²) in [5.74, 6) is 0.355. The molecular formula is C12H17BrO. The van der Waals surface area contributed by atoms with Crippen LogP contribution < -0.4 is 0 Å². The Balaban J connectivity index is 2.88. The van der Waals surface area contributed by atoms with Crippen molar-refractivity contribution in [2.75, 3.05) is 0 Å². The number of aliphatic hydroxyl groups is 1. The quantitative estimate of drug-likeness (QED) is 0.866. The van der Waals surface area contributed by atoms with E-state index >= 15 is 0 Å². The minimum absolute atomic E-state index is 0.347. The van der Waals surface area contributed by atoms with Crippen molar-refractivity contribution in [3.8, 4) is 0 Å². The molecule has 78 valence electrons. The van der Waals surface area contributed by atoms with Crippen molar-refractivity contribution in [2.24, 2.45) is 5.92 Å². The molecule has 0 amide bonds. The SMILES string of the molecule is CCC(CC)C(O)c1ccccc1Br. The van der Waals surface area contributed by atoms with Gasteiger partial charge in [0.2, 0.25) is 0 Å². The highest BCUT2D eigenvalue weighted by atomic mass is 79.9. The fraction of sp³-hybridized carbons (Fsp3) is 0.500. The lowest BCUT2D eigenvalue weighted by Crippen LogP contribution is -2.11. The van der Waals surface area contributed by atoms with Gasteiger partial charge in [0.15, 0.2) is 0 Å². The zero-order valence-corrected chi connectivity index (χ0v) is 10.3. The third-order valence-electron chi connectivity index (χ3n) is 2.72. The first kappa shape index (κ1) is 11.7. The van der Waals surface area contributed by atoms with Gasteiger partial charge in [0, 0.05) is 4.47 Å². The standard InChI is InChI=1S/C12H17BrO/c1-3-9(4-2)12(14)10-7-5-6-8-11(10)13/h5-9,12,14H,3-4H2,1-2H3. The monoisotopic (exact) mass is 256 g/mol. The van der Waals surface area contributed by atoms with Crippen LogP contribution in [0, 0.1) is 5.92 Å². The first-order valence-electron chi connectivity index (χ1n) is 5.13. The molecule has 0 radical (unpaired) electrons. The summed E-state index contributed by atoms with van der Waals surface area (Å²) in [5, 5.41) is 10.1. The molecule has 0 fully saturated rings. The molecule has 1 aromatic rings. The Bertz CT molecular complexity index is 281. The summed E-state index contributed by atoms with van der Waals surface area (Å²) < 4.78 is 0.999. The van der Waals surface area contributed by atoms with E-state index in [2.05, 4.69) is 29.8 Å². The van der Waals surface area contributed by atoms with Crippen LogP contribution in [-0.2, 0) is 0 Å². The number of aliphatic hydroxyl groups excluding tert-OH is 1. The molecule has 0 bridgehead atoms. The van der Waals surface area contributed by atoms with Gasteiger partial charge < -0.3 is 5.11 Å². The zero-order chi connectivity index (χ0) is 10.6. The van der Waals surface area contributed by atoms with Gasteiger partial charge in [-0.2, -0.15) is 0 Å². The Morgan fingerprint density at radius 2 is 1.79 bits per heavy atom. The molecule has 0 aliphatic carbocycles. The molecule has 1 N–H and O–H groups in total. The molecule has 0 aliphatic rings. The van der Waals surface area contributed by atoms with Crippen LogP contribution in [0.3, 0.4) is 0 Å². The molecule has 0 aromatic heterocycles. The Morgan fingerprint density at radius 1 is 1.21 bits per heavy atom. The van der Waals surface area contributed by atoms with Gasteiger partial charge in [-0.1, -0.05) is 60.8 Å². The summed E-state index contributed by atoms with van der Waals surface area (Å²) >= 11 is 3.46. The van der Waals surface area contributed by atoms with Gasteiger partial charge in [-0.15, -0.1) is 0 Å². The maximum Gasteiger partial charge on any atom is 0.0828 e. The second-order valence-electron chi connectivity index (χ2n) is 3.54. The summed E-state index contributed by atoms with van der Waals surface area (Å²) in [6.07, 6.45) is 1.68. The maximum absolute atomic E-state index is 10.1. The summed E-state index contributed by atoms with van der Waals surface area (Å²) in [7, 11) is 0. The molecule has 0 heterocycles. The van der Waals surface area contributed by atoms with E-state index in [0.717, 1.165) is 22.9 Å². The van der Waals surface area contributed by atoms with E-state index in [9.17, 15) is 5.11 Å². The third kappa shape index (κ3) is 2.58. The van der Waals surface area contributed by atoms with Crippen LogP contribution in [0.25, 0.3) is 0 Å². The molecule has 1 rings (SSSR count). The summed E-state index contributed by atoms with van der Waals surface area (Å²) in [5.41, 5.74) is 1.00. The molecule has 1 aromatic carbocycles. The second kappa shape index (κ2) is 5.52. The Labute approximate surface area is 94.3 Å². The van der Waals surface area contributed by atoms with E-state index in [4.69, 9.17) is 0 Å². The van der Waals surface area contributed by atoms with Crippen molar-refractivity contribution < 1.29 is 5.11 Å². The van der Waals surface area contributed by atoms with Gasteiger partial charge >= 0.3 is 0 Å². The van der Waals surface area contributed by atoms with Gasteiger partial charge in [0.1, 0.15) is 0 Å². The first-order valence-corrected chi connectivity index (χ1v) is 5.92. The van der Waals surface area contributed by atoms with E-state index < -0.39 is 0 Å². The molecule has 2 heteroatoms. The van der Waals surface area contributed by atoms with Crippen molar-refractivity contribution >= 4 is 15.9 Å². The number of hydrogen-bond acceptors (Lipinski definition) is 1. The predicted molar refractivity (Wildman–Crippen MR) is 63.2 cm³/mol. The predicted octanol–water partition coefficient (Wildman–Crippen LogP) is 3.92. The lowest BCUT2D eigenvalue weighted by Gasteiger charge is -2.21. The van der Waals surface area contributed by atoms with Crippen molar-refractivity contribution in [1.82, 2.24) is 0 Å². The van der Waals surface area contributed by atoms with E-state index in [1.54, 1.807) is 0 Å². The summed E-state index contributed by atoms with van der Waals surface area (Å²) in [4.78, 5) is 0. The highest BCUT2D eigenvalue weighted by Gasteiger charge is 2.18. The summed E-state index contributed by atoms with van der Waals surface area (Å²) in [6.45, 7) is 4.24. The lowest BCUT2D eigenvalue weighted by atomic mass is 9.91. The van der Waals surface area contributed by atoms with Crippen LogP contribution in [0.15, 0.2) is 28.7 Å². The van der Waals surface area contributed by atoms with Crippen LogP contribution in [-0.4, -0.2) is 5.11 Å². The van der Waals surface area contributed by atoms with Gasteiger partial charge in [-0.25, -0.2) is 0 Å². The Kier molecular flexibility index (Phi) is 4.63. The minimum atomic E-state index is -0.347. The molecule has 0 saturated heterocycles. The van der Waals surface area contributed by atoms with Crippen molar-refractivity contribution in [2.45, 2.75) is 32.8 Å². The fourth-order valence-electron chi connectivity index (χ4n) is 1.70. The highest BCUT2D eigenvalue weighted by Crippen LogP contribution is 2.31. The normalized spacial score (nSPS) is 13.2. The lowest BCUT2D eigenvalue weighted by molar-refractivity contribution is 0.103. The van der Waals surface area contributed by atoms with E-state index in [-0.39, 0.29) is 6.10 Å². The van der Waals surface area contributed by atoms with Crippen LogP contribution in [0.5, 0.6) is 0 Å². The molecule has 1 atom stereocenters. The van der Waals surface area contributed by atoms with Crippen LogP contribution in [0.2, 0.25) is 0 Å². The van der Waals surface area contributed by atoms with Crippen LogP contribution in [0.1, 0.15) is 38.4 Å². The number of hydrogen-bond donors (Lipinski definition) is 1. The maximum atomic E-state index is 10.1. The van der Waals surface area contributed by atoms with E-state index in [0.29, 0.717) is 5.92 Å². The van der Waals surface area contributed by atoms with Crippen molar-refractivity contribution in [3.63, 3.8) is 0 Å². The topological polar surface area (TPSA) is 20.2 Å². The van der Waals surface area contributed by atoms with Crippen LogP contribution in [0.4, 0.5) is 0 Å². The Hall–Kier alpha value is -0.340. The largest absolute Gasteiger partial charge is 0.388 e. The molecule has 1 nitrogen and oxygen atoms in total. The highest BCUT2D eigenvalue weighted by molar-refractivity contribution is 9.10. The third-order valence-corrected chi connectivity index (χ3v) is 3.44. The van der Waals surface area contributed by atoms with Gasteiger partial charge in [0.25, 0.3) is 0 Å². The van der Waals surface area contributed by atoms with E-state index in [1.807, 2.05) is 24.3 Å². The average molecular weight is 257 g/mol. The zero-order valence-electron chi connectivity index (χ0n) is 8.70. The van der Waals surface area contributed by atoms with Gasteiger partial charge in [0.05, 0.1) is 6.10 Å². The van der Waals surface area contributed by atoms with Crippen molar-refractivity contribution in [1.29, 1.82) is 0 Å².